The van der Waals surface area contributed by atoms with Gasteiger partial charge in [-0.3, -0.25) is 9.78 Å². The van der Waals surface area contributed by atoms with Crippen LogP contribution in [0.3, 0.4) is 0 Å². The van der Waals surface area contributed by atoms with Crippen molar-refractivity contribution in [1.29, 1.82) is 0 Å². The molecule has 1 aliphatic heterocycles. The van der Waals surface area contributed by atoms with Gasteiger partial charge in [0.2, 0.25) is 0 Å². The summed E-state index contributed by atoms with van der Waals surface area (Å²) in [5.74, 6) is -1.18. The SMILES string of the molecule is COc1ccc2nccc([C@@H](F)CC[C@@H]3CCN(CCCCc4c(F)cccc4F)C[C@@H]3CC(=O)O)c2c1. The quantitative estimate of drug-likeness (QED) is 0.264. The number of fused-ring (bicyclic) bond motifs is 1. The molecule has 8 heteroatoms. The summed E-state index contributed by atoms with van der Waals surface area (Å²) in [6.07, 6.45) is 3.95. The van der Waals surface area contributed by atoms with Crippen LogP contribution in [-0.2, 0) is 11.2 Å². The average molecular weight is 529 g/mol. The standard InChI is InChI=1S/C30H35F3N2O3/c1-38-22-9-11-29-25(18-22)23(12-14-34-29)28(33)10-8-20-13-16-35(19-21(20)17-30(36)37)15-3-2-5-24-26(31)6-4-7-27(24)32/h4,6-7,9,11-12,14,18,20-21,28H,2-3,5,8,10,13,15-17,19H2,1H3,(H,36,37)/t20-,21+,28+/m1/s1. The lowest BCUT2D eigenvalue weighted by atomic mass is 9.79. The van der Waals surface area contributed by atoms with E-state index >= 15 is 4.39 Å². The highest BCUT2D eigenvalue weighted by atomic mass is 19.1. The smallest absolute Gasteiger partial charge is 0.303 e. The highest BCUT2D eigenvalue weighted by molar-refractivity contribution is 5.83. The van der Waals surface area contributed by atoms with E-state index in [2.05, 4.69) is 9.88 Å². The minimum atomic E-state index is -1.19. The molecule has 0 unspecified atom stereocenters. The van der Waals surface area contributed by atoms with Crippen molar-refractivity contribution < 1.29 is 27.8 Å². The number of rotatable bonds is 12. The van der Waals surface area contributed by atoms with Crippen LogP contribution in [0.1, 0.15) is 55.8 Å². The van der Waals surface area contributed by atoms with Gasteiger partial charge >= 0.3 is 5.97 Å². The normalized spacial score (nSPS) is 18.9. The topological polar surface area (TPSA) is 62.7 Å². The van der Waals surface area contributed by atoms with Gasteiger partial charge in [0.15, 0.2) is 0 Å². The maximum Gasteiger partial charge on any atom is 0.303 e. The molecular weight excluding hydrogens is 493 g/mol. The summed E-state index contributed by atoms with van der Waals surface area (Å²) >= 11 is 0. The molecule has 0 aliphatic carbocycles. The zero-order valence-corrected chi connectivity index (χ0v) is 21.7. The van der Waals surface area contributed by atoms with Crippen molar-refractivity contribution in [2.24, 2.45) is 11.8 Å². The first-order valence-electron chi connectivity index (χ1n) is 13.3. The fourth-order valence-corrected chi connectivity index (χ4v) is 5.67. The second-order valence-corrected chi connectivity index (χ2v) is 10.2. The van der Waals surface area contributed by atoms with E-state index in [0.717, 1.165) is 31.3 Å². The number of aromatic nitrogens is 1. The van der Waals surface area contributed by atoms with E-state index in [1.807, 2.05) is 6.07 Å². The predicted octanol–water partition coefficient (Wildman–Crippen LogP) is 6.75. The van der Waals surface area contributed by atoms with Crippen molar-refractivity contribution >= 4 is 16.9 Å². The maximum atomic E-state index is 15.5. The summed E-state index contributed by atoms with van der Waals surface area (Å²) in [6, 6.07) is 11.0. The van der Waals surface area contributed by atoms with Crippen LogP contribution in [-0.4, -0.2) is 47.7 Å². The Labute approximate surface area is 221 Å². The van der Waals surface area contributed by atoms with Crippen LogP contribution in [0.15, 0.2) is 48.7 Å². The van der Waals surface area contributed by atoms with Gasteiger partial charge in [0.25, 0.3) is 0 Å². The number of benzene rings is 2. The second-order valence-electron chi connectivity index (χ2n) is 10.2. The van der Waals surface area contributed by atoms with Crippen LogP contribution < -0.4 is 4.74 Å². The zero-order chi connectivity index (χ0) is 27.1. The van der Waals surface area contributed by atoms with E-state index in [1.54, 1.807) is 31.5 Å². The molecule has 3 atom stereocenters. The summed E-state index contributed by atoms with van der Waals surface area (Å²) in [5, 5.41) is 10.2. The molecule has 2 heterocycles. The Bertz CT molecular complexity index is 1220. The molecule has 1 fully saturated rings. The summed E-state index contributed by atoms with van der Waals surface area (Å²) in [5.41, 5.74) is 1.41. The van der Waals surface area contributed by atoms with E-state index in [4.69, 9.17) is 4.74 Å². The summed E-state index contributed by atoms with van der Waals surface area (Å²) in [4.78, 5) is 18.1. The van der Waals surface area contributed by atoms with Crippen LogP contribution >= 0.6 is 0 Å². The fourth-order valence-electron chi connectivity index (χ4n) is 5.67. The Morgan fingerprint density at radius 3 is 2.68 bits per heavy atom. The first-order valence-corrected chi connectivity index (χ1v) is 13.3. The molecular formula is C30H35F3N2O3. The molecule has 0 saturated carbocycles. The second kappa shape index (κ2) is 13.1. The fraction of sp³-hybridized carbons (Fsp3) is 0.467. The van der Waals surface area contributed by atoms with Gasteiger partial charge in [-0.2, -0.15) is 0 Å². The minimum absolute atomic E-state index is 0.0495. The monoisotopic (exact) mass is 528 g/mol. The number of ether oxygens (including phenoxy) is 1. The summed E-state index contributed by atoms with van der Waals surface area (Å²) in [6.45, 7) is 2.19. The number of halogens is 3. The highest BCUT2D eigenvalue weighted by Crippen LogP contribution is 2.36. The van der Waals surface area contributed by atoms with E-state index in [0.29, 0.717) is 49.1 Å². The number of piperidine rings is 1. The Kier molecular flexibility index (Phi) is 9.61. The number of aliphatic carboxylic acids is 1. The number of nitrogens with zero attached hydrogens (tertiary/aromatic N) is 2. The molecule has 2 aromatic carbocycles. The zero-order valence-electron chi connectivity index (χ0n) is 21.7. The summed E-state index contributed by atoms with van der Waals surface area (Å²) in [7, 11) is 1.57. The lowest BCUT2D eigenvalue weighted by Crippen LogP contribution is -2.41. The van der Waals surface area contributed by atoms with E-state index in [1.165, 1.54) is 18.2 Å². The van der Waals surface area contributed by atoms with Gasteiger partial charge in [-0.25, -0.2) is 13.2 Å². The van der Waals surface area contributed by atoms with Crippen LogP contribution in [0.4, 0.5) is 13.2 Å². The number of hydrogen-bond donors (Lipinski definition) is 1. The molecule has 1 aromatic heterocycles. The van der Waals surface area contributed by atoms with E-state index in [9.17, 15) is 18.7 Å². The van der Waals surface area contributed by atoms with Gasteiger partial charge < -0.3 is 14.7 Å². The van der Waals surface area contributed by atoms with Crippen LogP contribution in [0, 0.1) is 23.5 Å². The number of alkyl halides is 1. The van der Waals surface area contributed by atoms with Gasteiger partial charge in [-0.15, -0.1) is 0 Å². The van der Waals surface area contributed by atoms with Gasteiger partial charge in [-0.05, 0) is 105 Å². The predicted molar refractivity (Wildman–Crippen MR) is 141 cm³/mol. The molecule has 0 bridgehead atoms. The van der Waals surface area contributed by atoms with Crippen LogP contribution in [0.2, 0.25) is 0 Å². The maximum absolute atomic E-state index is 15.5. The van der Waals surface area contributed by atoms with Crippen molar-refractivity contribution in [3.63, 3.8) is 0 Å². The molecule has 1 aliphatic rings. The van der Waals surface area contributed by atoms with Crippen molar-refractivity contribution in [1.82, 2.24) is 9.88 Å². The van der Waals surface area contributed by atoms with Gasteiger partial charge in [0, 0.05) is 30.1 Å². The van der Waals surface area contributed by atoms with Crippen LogP contribution in [0.5, 0.6) is 5.75 Å². The van der Waals surface area contributed by atoms with Gasteiger partial charge in [0.05, 0.1) is 12.6 Å². The van der Waals surface area contributed by atoms with E-state index in [-0.39, 0.29) is 23.8 Å². The lowest BCUT2D eigenvalue weighted by molar-refractivity contribution is -0.139. The Morgan fingerprint density at radius 1 is 1.16 bits per heavy atom. The molecule has 0 amide bonds. The third-order valence-electron chi connectivity index (χ3n) is 7.74. The molecule has 0 spiro atoms. The first kappa shape index (κ1) is 27.9. The molecule has 5 nitrogen and oxygen atoms in total. The first-order chi connectivity index (χ1) is 18.4. The number of hydrogen-bond acceptors (Lipinski definition) is 4. The van der Waals surface area contributed by atoms with Gasteiger partial charge in [-0.1, -0.05) is 6.07 Å². The molecule has 204 valence electrons. The van der Waals surface area contributed by atoms with Crippen molar-refractivity contribution in [3.8, 4) is 5.75 Å². The van der Waals surface area contributed by atoms with Gasteiger partial charge in [0.1, 0.15) is 23.6 Å². The average Bonchev–Trinajstić information content (AvgIpc) is 2.90. The van der Waals surface area contributed by atoms with Crippen molar-refractivity contribution in [3.05, 3.63) is 71.4 Å². The Hall–Kier alpha value is -3.13. The van der Waals surface area contributed by atoms with Crippen molar-refractivity contribution in [2.75, 3.05) is 26.7 Å². The third-order valence-corrected chi connectivity index (χ3v) is 7.74. The highest BCUT2D eigenvalue weighted by Gasteiger charge is 2.31. The number of carboxylic acid groups (broad SMARTS) is 1. The number of carbonyl (C=O) groups is 1. The Balaban J connectivity index is 1.31. The number of carboxylic acids is 1. The minimum Gasteiger partial charge on any atom is -0.497 e. The summed E-state index contributed by atoms with van der Waals surface area (Å²) < 4.78 is 48.5. The number of unbranched alkanes of at least 4 members (excludes halogenated alkanes) is 1. The number of methoxy groups -OCH3 is 1. The molecule has 1 N–H and O–H groups in total. The largest absolute Gasteiger partial charge is 0.497 e. The molecule has 1 saturated heterocycles. The molecule has 4 rings (SSSR count). The molecule has 3 aromatic rings. The number of likely N-dealkylation sites (tertiary alicyclic amines) is 1. The van der Waals surface area contributed by atoms with Crippen molar-refractivity contribution in [2.45, 2.75) is 51.1 Å². The molecule has 38 heavy (non-hydrogen) atoms. The third kappa shape index (κ3) is 7.04. The number of pyridine rings is 1. The Morgan fingerprint density at radius 2 is 1.95 bits per heavy atom. The lowest BCUT2D eigenvalue weighted by Gasteiger charge is -2.38. The van der Waals surface area contributed by atoms with E-state index < -0.39 is 23.8 Å². The van der Waals surface area contributed by atoms with Crippen LogP contribution in [0.25, 0.3) is 10.9 Å². The molecule has 0 radical (unpaired) electrons.